The molecule has 0 aromatic carbocycles. The zero-order chi connectivity index (χ0) is 12.1. The summed E-state index contributed by atoms with van der Waals surface area (Å²) in [5.74, 6) is 1.07. The van der Waals surface area contributed by atoms with E-state index in [2.05, 4.69) is 29.2 Å². The van der Waals surface area contributed by atoms with Crippen LogP contribution in [0.2, 0.25) is 0 Å². The van der Waals surface area contributed by atoms with Gasteiger partial charge in [-0.05, 0) is 31.1 Å². The summed E-state index contributed by atoms with van der Waals surface area (Å²) in [6, 6.07) is 0. The van der Waals surface area contributed by atoms with E-state index in [4.69, 9.17) is 0 Å². The molecule has 4 heteroatoms. The van der Waals surface area contributed by atoms with Crippen molar-refractivity contribution in [3.8, 4) is 0 Å². The number of hydrogen-bond donors (Lipinski definition) is 1. The molecule has 2 rings (SSSR count). The Morgan fingerprint density at radius 2 is 2.24 bits per heavy atom. The number of nitrogens with zero attached hydrogens (tertiary/aromatic N) is 3. The van der Waals surface area contributed by atoms with Crippen LogP contribution in [0, 0.1) is 5.41 Å². The Morgan fingerprint density at radius 3 is 2.82 bits per heavy atom. The van der Waals surface area contributed by atoms with Crippen molar-refractivity contribution < 1.29 is 0 Å². The van der Waals surface area contributed by atoms with Gasteiger partial charge in [-0.25, -0.2) is 9.67 Å². The van der Waals surface area contributed by atoms with E-state index in [-0.39, 0.29) is 0 Å². The van der Waals surface area contributed by atoms with Crippen LogP contribution in [0.4, 0.5) is 0 Å². The van der Waals surface area contributed by atoms with Gasteiger partial charge in [0.2, 0.25) is 0 Å². The first-order valence-electron chi connectivity index (χ1n) is 6.87. The van der Waals surface area contributed by atoms with Gasteiger partial charge in [0.15, 0.2) is 0 Å². The van der Waals surface area contributed by atoms with Crippen molar-refractivity contribution in [1.82, 2.24) is 20.1 Å². The maximum atomic E-state index is 4.31. The normalized spacial score (nSPS) is 18.0. The first kappa shape index (κ1) is 12.6. The predicted molar refractivity (Wildman–Crippen MR) is 68.6 cm³/mol. The molecule has 1 aliphatic carbocycles. The summed E-state index contributed by atoms with van der Waals surface area (Å²) in [6.07, 6.45) is 8.24. The Bertz CT molecular complexity index is 335. The quantitative estimate of drug-likeness (QED) is 0.790. The van der Waals surface area contributed by atoms with E-state index in [1.165, 1.54) is 25.7 Å². The third-order valence-electron chi connectivity index (χ3n) is 4.08. The van der Waals surface area contributed by atoms with Crippen LogP contribution in [0.25, 0.3) is 0 Å². The molecule has 4 nitrogen and oxygen atoms in total. The van der Waals surface area contributed by atoms with Gasteiger partial charge in [-0.3, -0.25) is 0 Å². The van der Waals surface area contributed by atoms with E-state index < -0.39 is 0 Å². The Balaban J connectivity index is 1.79. The van der Waals surface area contributed by atoms with Crippen LogP contribution in [-0.4, -0.2) is 21.3 Å². The van der Waals surface area contributed by atoms with E-state index in [9.17, 15) is 0 Å². The molecule has 1 saturated carbocycles. The SMILES string of the molecule is CCCn1ncnc1CNCC1(CC)CCC1. The smallest absolute Gasteiger partial charge is 0.140 e. The van der Waals surface area contributed by atoms with E-state index in [0.29, 0.717) is 5.41 Å². The Labute approximate surface area is 104 Å². The third kappa shape index (κ3) is 2.86. The van der Waals surface area contributed by atoms with Crippen LogP contribution < -0.4 is 5.32 Å². The molecule has 1 fully saturated rings. The molecule has 0 amide bonds. The van der Waals surface area contributed by atoms with Gasteiger partial charge in [-0.2, -0.15) is 5.10 Å². The first-order chi connectivity index (χ1) is 8.29. The Hall–Kier alpha value is -0.900. The Kier molecular flexibility index (Phi) is 4.15. The maximum absolute atomic E-state index is 4.31. The molecule has 0 spiro atoms. The lowest BCUT2D eigenvalue weighted by Crippen LogP contribution is -2.39. The molecule has 1 aromatic heterocycles. The predicted octanol–water partition coefficient (Wildman–Crippen LogP) is 2.36. The molecule has 0 radical (unpaired) electrons. The largest absolute Gasteiger partial charge is 0.309 e. The second-order valence-corrected chi connectivity index (χ2v) is 5.21. The van der Waals surface area contributed by atoms with E-state index in [0.717, 1.165) is 31.9 Å². The summed E-state index contributed by atoms with van der Waals surface area (Å²) in [6.45, 7) is 7.42. The lowest BCUT2D eigenvalue weighted by atomic mass is 9.67. The summed E-state index contributed by atoms with van der Waals surface area (Å²) in [4.78, 5) is 4.31. The van der Waals surface area contributed by atoms with Crippen molar-refractivity contribution in [3.05, 3.63) is 12.2 Å². The summed E-state index contributed by atoms with van der Waals surface area (Å²) >= 11 is 0. The van der Waals surface area contributed by atoms with E-state index in [1.807, 2.05) is 4.68 Å². The van der Waals surface area contributed by atoms with Crippen molar-refractivity contribution in [2.45, 2.75) is 59.0 Å². The minimum atomic E-state index is 0.579. The van der Waals surface area contributed by atoms with Crippen molar-refractivity contribution >= 4 is 0 Å². The molecule has 0 unspecified atom stereocenters. The van der Waals surface area contributed by atoms with Crippen LogP contribution in [0.15, 0.2) is 6.33 Å². The molecular weight excluding hydrogens is 212 g/mol. The van der Waals surface area contributed by atoms with E-state index in [1.54, 1.807) is 6.33 Å². The van der Waals surface area contributed by atoms with Crippen LogP contribution >= 0.6 is 0 Å². The summed E-state index contributed by atoms with van der Waals surface area (Å²) < 4.78 is 2.01. The molecule has 0 atom stereocenters. The highest BCUT2D eigenvalue weighted by Gasteiger charge is 2.34. The highest BCUT2D eigenvalue weighted by molar-refractivity contribution is 4.90. The van der Waals surface area contributed by atoms with Crippen molar-refractivity contribution in [2.24, 2.45) is 5.41 Å². The van der Waals surface area contributed by atoms with Crippen LogP contribution in [0.5, 0.6) is 0 Å². The lowest BCUT2D eigenvalue weighted by molar-refractivity contribution is 0.123. The molecule has 17 heavy (non-hydrogen) atoms. The minimum Gasteiger partial charge on any atom is -0.309 e. The summed E-state index contributed by atoms with van der Waals surface area (Å²) in [7, 11) is 0. The molecule has 0 aliphatic heterocycles. The van der Waals surface area contributed by atoms with Gasteiger partial charge < -0.3 is 5.32 Å². The van der Waals surface area contributed by atoms with Crippen molar-refractivity contribution in [1.29, 1.82) is 0 Å². The van der Waals surface area contributed by atoms with Gasteiger partial charge in [-0.1, -0.05) is 20.3 Å². The van der Waals surface area contributed by atoms with Gasteiger partial charge in [0.05, 0.1) is 6.54 Å². The summed E-state index contributed by atoms with van der Waals surface area (Å²) in [5, 5.41) is 7.80. The zero-order valence-electron chi connectivity index (χ0n) is 11.1. The van der Waals surface area contributed by atoms with Gasteiger partial charge in [0, 0.05) is 13.1 Å². The second-order valence-electron chi connectivity index (χ2n) is 5.21. The molecule has 0 saturated heterocycles. The standard InChI is InChI=1S/C13H24N4/c1-3-8-17-12(15-11-16-17)9-14-10-13(4-2)6-5-7-13/h11,14H,3-10H2,1-2H3. The monoisotopic (exact) mass is 236 g/mol. The number of rotatable bonds is 7. The van der Waals surface area contributed by atoms with Gasteiger partial charge in [0.25, 0.3) is 0 Å². The Morgan fingerprint density at radius 1 is 1.41 bits per heavy atom. The molecule has 96 valence electrons. The highest BCUT2D eigenvalue weighted by Crippen LogP contribution is 2.43. The first-order valence-corrected chi connectivity index (χ1v) is 6.87. The zero-order valence-corrected chi connectivity index (χ0v) is 11.1. The highest BCUT2D eigenvalue weighted by atomic mass is 15.3. The molecular formula is C13H24N4. The van der Waals surface area contributed by atoms with Crippen LogP contribution in [-0.2, 0) is 13.1 Å². The van der Waals surface area contributed by atoms with Crippen LogP contribution in [0.3, 0.4) is 0 Å². The fourth-order valence-electron chi connectivity index (χ4n) is 2.60. The molecule has 1 N–H and O–H groups in total. The number of nitrogens with one attached hydrogen (secondary N) is 1. The van der Waals surface area contributed by atoms with E-state index >= 15 is 0 Å². The lowest BCUT2D eigenvalue weighted by Gasteiger charge is -2.41. The maximum Gasteiger partial charge on any atom is 0.140 e. The minimum absolute atomic E-state index is 0.579. The fourth-order valence-corrected chi connectivity index (χ4v) is 2.60. The topological polar surface area (TPSA) is 42.7 Å². The molecule has 1 heterocycles. The molecule has 1 aliphatic rings. The molecule has 0 bridgehead atoms. The number of aromatic nitrogens is 3. The van der Waals surface area contributed by atoms with Gasteiger partial charge in [0.1, 0.15) is 12.2 Å². The molecule has 1 aromatic rings. The van der Waals surface area contributed by atoms with Crippen LogP contribution in [0.1, 0.15) is 51.8 Å². The number of hydrogen-bond acceptors (Lipinski definition) is 3. The fraction of sp³-hybridized carbons (Fsp3) is 0.846. The second kappa shape index (κ2) is 5.63. The average molecular weight is 236 g/mol. The van der Waals surface area contributed by atoms with Gasteiger partial charge >= 0.3 is 0 Å². The average Bonchev–Trinajstić information content (AvgIpc) is 2.71. The number of aryl methyl sites for hydroxylation is 1. The van der Waals surface area contributed by atoms with Crippen molar-refractivity contribution in [2.75, 3.05) is 6.54 Å². The summed E-state index contributed by atoms with van der Waals surface area (Å²) in [5.41, 5.74) is 0.579. The van der Waals surface area contributed by atoms with Gasteiger partial charge in [-0.15, -0.1) is 0 Å². The third-order valence-corrected chi connectivity index (χ3v) is 4.08. The van der Waals surface area contributed by atoms with Crippen molar-refractivity contribution in [3.63, 3.8) is 0 Å².